The van der Waals surface area contributed by atoms with E-state index in [9.17, 15) is 0 Å². The maximum Gasteiger partial charge on any atom is 0.0518 e. The van der Waals surface area contributed by atoms with Crippen molar-refractivity contribution >= 4 is 21.6 Å². The second-order valence-electron chi connectivity index (χ2n) is 3.12. The summed E-state index contributed by atoms with van der Waals surface area (Å²) in [4.78, 5) is 0. The van der Waals surface area contributed by atoms with Crippen molar-refractivity contribution in [2.45, 2.75) is 12.5 Å². The Labute approximate surface area is 80.3 Å². The summed E-state index contributed by atoms with van der Waals surface area (Å²) in [5.74, 6) is 0. The summed E-state index contributed by atoms with van der Waals surface area (Å²) in [5.41, 5.74) is 8.34. The lowest BCUT2D eigenvalue weighted by molar-refractivity contribution is 0.679. The predicted molar refractivity (Wildman–Crippen MR) is 54.3 cm³/mol. The molecule has 0 aromatic heterocycles. The van der Waals surface area contributed by atoms with Crippen LogP contribution in [0, 0.1) is 0 Å². The number of para-hydroxylation sites is 1. The minimum Gasteiger partial charge on any atom is -0.382 e. The third kappa shape index (κ3) is 1.34. The molecule has 1 atom stereocenters. The first-order chi connectivity index (χ1) is 5.77. The van der Waals surface area contributed by atoms with E-state index < -0.39 is 0 Å². The van der Waals surface area contributed by atoms with E-state index in [-0.39, 0.29) is 6.04 Å². The number of anilines is 1. The summed E-state index contributed by atoms with van der Waals surface area (Å²) in [6, 6.07) is 6.46. The molecule has 64 valence electrons. The maximum absolute atomic E-state index is 5.82. The van der Waals surface area contributed by atoms with Gasteiger partial charge in [0.2, 0.25) is 0 Å². The molecular weight excluding hydrogens is 216 g/mol. The summed E-state index contributed by atoms with van der Waals surface area (Å²) >= 11 is 3.50. The highest BCUT2D eigenvalue weighted by Gasteiger charge is 2.15. The van der Waals surface area contributed by atoms with E-state index >= 15 is 0 Å². The Morgan fingerprint density at radius 1 is 1.50 bits per heavy atom. The molecule has 0 radical (unpaired) electrons. The van der Waals surface area contributed by atoms with Crippen LogP contribution in [0.1, 0.15) is 5.56 Å². The van der Waals surface area contributed by atoms with Gasteiger partial charge in [-0.15, -0.1) is 0 Å². The van der Waals surface area contributed by atoms with Gasteiger partial charge >= 0.3 is 0 Å². The number of hydrogen-bond acceptors (Lipinski definition) is 2. The molecule has 1 aliphatic rings. The molecule has 3 heteroatoms. The molecular formula is C9H11BrN2. The molecule has 0 fully saturated rings. The standard InChI is InChI=1S/C9H11BrN2/c10-8-3-1-2-6-4-7(11)5-12-9(6)8/h1-3,7,12H,4-5,11H2. The third-order valence-electron chi connectivity index (χ3n) is 2.12. The zero-order valence-corrected chi connectivity index (χ0v) is 8.26. The smallest absolute Gasteiger partial charge is 0.0518 e. The number of fused-ring (bicyclic) bond motifs is 1. The van der Waals surface area contributed by atoms with Crippen molar-refractivity contribution in [1.82, 2.24) is 0 Å². The molecule has 0 saturated heterocycles. The Hall–Kier alpha value is -0.540. The van der Waals surface area contributed by atoms with E-state index in [1.165, 1.54) is 11.3 Å². The Balaban J connectivity index is 2.42. The van der Waals surface area contributed by atoms with Crippen molar-refractivity contribution in [1.29, 1.82) is 0 Å². The van der Waals surface area contributed by atoms with Gasteiger partial charge in [0.25, 0.3) is 0 Å². The molecule has 1 unspecified atom stereocenters. The Bertz CT molecular complexity index is 299. The number of nitrogens with one attached hydrogen (secondary N) is 1. The van der Waals surface area contributed by atoms with E-state index in [0.29, 0.717) is 0 Å². The summed E-state index contributed by atoms with van der Waals surface area (Å²) < 4.78 is 1.13. The minimum absolute atomic E-state index is 0.256. The van der Waals surface area contributed by atoms with Crippen LogP contribution in [0.4, 0.5) is 5.69 Å². The van der Waals surface area contributed by atoms with Gasteiger partial charge < -0.3 is 11.1 Å². The van der Waals surface area contributed by atoms with Gasteiger partial charge in [-0.05, 0) is 34.0 Å². The van der Waals surface area contributed by atoms with E-state index in [4.69, 9.17) is 5.73 Å². The molecule has 2 rings (SSSR count). The van der Waals surface area contributed by atoms with Crippen LogP contribution in [0.3, 0.4) is 0 Å². The van der Waals surface area contributed by atoms with Gasteiger partial charge in [0.1, 0.15) is 0 Å². The van der Waals surface area contributed by atoms with Gasteiger partial charge in [-0.3, -0.25) is 0 Å². The fourth-order valence-electron chi connectivity index (χ4n) is 1.52. The van der Waals surface area contributed by atoms with Gasteiger partial charge in [-0.2, -0.15) is 0 Å². The van der Waals surface area contributed by atoms with Gasteiger partial charge in [-0.25, -0.2) is 0 Å². The number of hydrogen-bond donors (Lipinski definition) is 2. The fraction of sp³-hybridized carbons (Fsp3) is 0.333. The SMILES string of the molecule is NC1CNc2c(Br)cccc2C1. The molecule has 0 aliphatic carbocycles. The van der Waals surface area contributed by atoms with Crippen molar-refractivity contribution in [3.8, 4) is 0 Å². The highest BCUT2D eigenvalue weighted by Crippen LogP contribution is 2.29. The molecule has 0 saturated carbocycles. The monoisotopic (exact) mass is 226 g/mol. The van der Waals surface area contributed by atoms with Crippen LogP contribution in [-0.2, 0) is 6.42 Å². The number of nitrogens with two attached hydrogens (primary N) is 1. The zero-order chi connectivity index (χ0) is 8.55. The average Bonchev–Trinajstić information content (AvgIpc) is 2.04. The van der Waals surface area contributed by atoms with E-state index in [0.717, 1.165) is 17.4 Å². The van der Waals surface area contributed by atoms with Crippen LogP contribution in [0.15, 0.2) is 22.7 Å². The fourth-order valence-corrected chi connectivity index (χ4v) is 2.07. The lowest BCUT2D eigenvalue weighted by Gasteiger charge is -2.23. The second-order valence-corrected chi connectivity index (χ2v) is 3.97. The normalized spacial score (nSPS) is 21.3. The molecule has 0 bridgehead atoms. The molecule has 2 nitrogen and oxygen atoms in total. The number of rotatable bonds is 0. The first-order valence-electron chi connectivity index (χ1n) is 4.04. The number of benzene rings is 1. The van der Waals surface area contributed by atoms with Crippen LogP contribution in [0.2, 0.25) is 0 Å². The first-order valence-corrected chi connectivity index (χ1v) is 4.83. The second kappa shape index (κ2) is 3.07. The summed E-state index contributed by atoms with van der Waals surface area (Å²) in [7, 11) is 0. The number of halogens is 1. The van der Waals surface area contributed by atoms with Crippen LogP contribution in [0.5, 0.6) is 0 Å². The molecule has 1 aliphatic heterocycles. The van der Waals surface area contributed by atoms with Crippen molar-refractivity contribution < 1.29 is 0 Å². The summed E-state index contributed by atoms with van der Waals surface area (Å²) in [6.45, 7) is 0.871. The molecule has 12 heavy (non-hydrogen) atoms. The largest absolute Gasteiger partial charge is 0.382 e. The Kier molecular flexibility index (Phi) is 2.07. The van der Waals surface area contributed by atoms with E-state index in [2.05, 4.69) is 27.3 Å². The maximum atomic E-state index is 5.82. The van der Waals surface area contributed by atoms with Crippen LogP contribution in [0.25, 0.3) is 0 Å². The van der Waals surface area contributed by atoms with Crippen molar-refractivity contribution in [3.05, 3.63) is 28.2 Å². The van der Waals surface area contributed by atoms with Crippen molar-refractivity contribution in [2.75, 3.05) is 11.9 Å². The quantitative estimate of drug-likeness (QED) is 0.708. The zero-order valence-electron chi connectivity index (χ0n) is 6.68. The average molecular weight is 227 g/mol. The third-order valence-corrected chi connectivity index (χ3v) is 2.78. The van der Waals surface area contributed by atoms with Gasteiger partial charge in [0.15, 0.2) is 0 Å². The van der Waals surface area contributed by atoms with Crippen molar-refractivity contribution in [2.24, 2.45) is 5.73 Å². The highest BCUT2D eigenvalue weighted by molar-refractivity contribution is 9.10. The Morgan fingerprint density at radius 3 is 3.17 bits per heavy atom. The molecule has 1 heterocycles. The topological polar surface area (TPSA) is 38.0 Å². The lowest BCUT2D eigenvalue weighted by atomic mass is 10.0. The molecule has 1 aromatic carbocycles. The molecule has 3 N–H and O–H groups in total. The van der Waals surface area contributed by atoms with E-state index in [1.807, 2.05) is 12.1 Å². The van der Waals surface area contributed by atoms with Gasteiger partial charge in [-0.1, -0.05) is 12.1 Å². The lowest BCUT2D eigenvalue weighted by Crippen LogP contribution is -2.35. The molecule has 0 amide bonds. The van der Waals surface area contributed by atoms with Gasteiger partial charge in [0.05, 0.1) is 5.69 Å². The molecule has 0 spiro atoms. The van der Waals surface area contributed by atoms with Gasteiger partial charge in [0, 0.05) is 17.1 Å². The Morgan fingerprint density at radius 2 is 2.33 bits per heavy atom. The summed E-state index contributed by atoms with van der Waals surface area (Å²) in [6.07, 6.45) is 0.974. The predicted octanol–water partition coefficient (Wildman–Crippen LogP) is 1.74. The van der Waals surface area contributed by atoms with E-state index in [1.54, 1.807) is 0 Å². The van der Waals surface area contributed by atoms with Crippen LogP contribution >= 0.6 is 15.9 Å². The molecule has 1 aromatic rings. The first kappa shape index (κ1) is 8.08. The highest BCUT2D eigenvalue weighted by atomic mass is 79.9. The summed E-state index contributed by atoms with van der Waals surface area (Å²) in [5, 5.41) is 3.31. The van der Waals surface area contributed by atoms with Crippen LogP contribution in [-0.4, -0.2) is 12.6 Å². The minimum atomic E-state index is 0.256. The van der Waals surface area contributed by atoms with Crippen LogP contribution < -0.4 is 11.1 Å². The van der Waals surface area contributed by atoms with Crippen molar-refractivity contribution in [3.63, 3.8) is 0 Å².